The standard InChI is InChI=1S/C15H21ClN4O3/c1-2-5-18-6-8-19(9-7-18)11-15(21)17-14-10-12(20(22)23)3-4-13(14)16/h3-4,10H,2,5-9,11H2,1H3,(H,17,21). The monoisotopic (exact) mass is 340 g/mol. The summed E-state index contributed by atoms with van der Waals surface area (Å²) in [6.07, 6.45) is 1.13. The van der Waals surface area contributed by atoms with Crippen LogP contribution in [0.1, 0.15) is 13.3 Å². The molecule has 0 spiro atoms. The van der Waals surface area contributed by atoms with E-state index < -0.39 is 4.92 Å². The van der Waals surface area contributed by atoms with Crippen molar-refractivity contribution in [3.63, 3.8) is 0 Å². The van der Waals surface area contributed by atoms with Crippen LogP contribution in [0, 0.1) is 10.1 Å². The molecule has 1 aromatic rings. The van der Waals surface area contributed by atoms with Crippen LogP contribution in [-0.4, -0.2) is 59.9 Å². The molecule has 7 nitrogen and oxygen atoms in total. The predicted molar refractivity (Wildman–Crippen MR) is 89.9 cm³/mol. The third-order valence-electron chi connectivity index (χ3n) is 3.81. The number of non-ortho nitro benzene ring substituents is 1. The van der Waals surface area contributed by atoms with E-state index in [-0.39, 0.29) is 28.8 Å². The molecule has 0 aromatic heterocycles. The maximum Gasteiger partial charge on any atom is 0.271 e. The van der Waals surface area contributed by atoms with Gasteiger partial charge in [0.15, 0.2) is 0 Å². The second-order valence-corrected chi connectivity index (χ2v) is 5.99. The normalized spacial score (nSPS) is 16.3. The van der Waals surface area contributed by atoms with Crippen molar-refractivity contribution in [1.29, 1.82) is 0 Å². The second kappa shape index (κ2) is 8.24. The zero-order valence-corrected chi connectivity index (χ0v) is 13.9. The van der Waals surface area contributed by atoms with Gasteiger partial charge in [-0.05, 0) is 19.0 Å². The molecule has 1 aromatic carbocycles. The summed E-state index contributed by atoms with van der Waals surface area (Å²) >= 11 is 5.98. The van der Waals surface area contributed by atoms with Gasteiger partial charge in [0.1, 0.15) is 0 Å². The molecular weight excluding hydrogens is 320 g/mol. The van der Waals surface area contributed by atoms with Crippen LogP contribution in [0.25, 0.3) is 0 Å². The number of rotatable bonds is 6. The number of piperazine rings is 1. The number of halogens is 1. The first-order valence-corrected chi connectivity index (χ1v) is 8.06. The number of nitrogens with one attached hydrogen (secondary N) is 1. The van der Waals surface area contributed by atoms with E-state index in [0.717, 1.165) is 39.1 Å². The molecule has 8 heteroatoms. The van der Waals surface area contributed by atoms with Gasteiger partial charge < -0.3 is 10.2 Å². The van der Waals surface area contributed by atoms with Crippen LogP contribution in [0.3, 0.4) is 0 Å². The summed E-state index contributed by atoms with van der Waals surface area (Å²) in [6, 6.07) is 4.00. The Labute approximate surface area is 140 Å². The smallest absolute Gasteiger partial charge is 0.271 e. The summed E-state index contributed by atoms with van der Waals surface area (Å²) in [5.41, 5.74) is 0.174. The van der Waals surface area contributed by atoms with Crippen LogP contribution in [0.4, 0.5) is 11.4 Å². The van der Waals surface area contributed by atoms with Crippen LogP contribution in [0.2, 0.25) is 5.02 Å². The molecule has 2 rings (SSSR count). The first-order valence-electron chi connectivity index (χ1n) is 7.68. The van der Waals surface area contributed by atoms with E-state index in [4.69, 9.17) is 11.6 Å². The Kier molecular flexibility index (Phi) is 6.32. The zero-order chi connectivity index (χ0) is 16.8. The third kappa shape index (κ3) is 5.16. The minimum atomic E-state index is -0.515. The molecule has 0 unspecified atom stereocenters. The number of benzene rings is 1. The first-order chi connectivity index (χ1) is 11.0. The van der Waals surface area contributed by atoms with Crippen LogP contribution in [0.5, 0.6) is 0 Å². The number of carbonyl (C=O) groups is 1. The third-order valence-corrected chi connectivity index (χ3v) is 4.14. The van der Waals surface area contributed by atoms with Gasteiger partial charge in [-0.2, -0.15) is 0 Å². The Balaban J connectivity index is 1.88. The topological polar surface area (TPSA) is 78.7 Å². The summed E-state index contributed by atoms with van der Waals surface area (Å²) in [7, 11) is 0. The van der Waals surface area contributed by atoms with Gasteiger partial charge in [-0.15, -0.1) is 0 Å². The molecule has 1 aliphatic rings. The molecule has 126 valence electrons. The molecule has 0 radical (unpaired) electrons. The molecule has 1 fully saturated rings. The van der Waals surface area contributed by atoms with Gasteiger partial charge in [-0.1, -0.05) is 18.5 Å². The highest BCUT2D eigenvalue weighted by atomic mass is 35.5. The molecule has 1 saturated heterocycles. The van der Waals surface area contributed by atoms with Crippen molar-refractivity contribution in [2.24, 2.45) is 0 Å². The Bertz CT molecular complexity index is 574. The molecule has 1 aliphatic heterocycles. The van der Waals surface area contributed by atoms with Crippen LogP contribution in [-0.2, 0) is 4.79 Å². The largest absolute Gasteiger partial charge is 0.323 e. The summed E-state index contributed by atoms with van der Waals surface area (Å²) in [4.78, 5) is 26.9. The lowest BCUT2D eigenvalue weighted by Gasteiger charge is -2.34. The van der Waals surface area contributed by atoms with E-state index >= 15 is 0 Å². The summed E-state index contributed by atoms with van der Waals surface area (Å²) < 4.78 is 0. The first kappa shape index (κ1) is 17.7. The number of hydrogen-bond acceptors (Lipinski definition) is 5. The fourth-order valence-electron chi connectivity index (χ4n) is 2.60. The van der Waals surface area contributed by atoms with E-state index in [9.17, 15) is 14.9 Å². The number of amides is 1. The maximum atomic E-state index is 12.1. The Morgan fingerprint density at radius 1 is 1.30 bits per heavy atom. The molecule has 0 atom stereocenters. The molecular formula is C15H21ClN4O3. The minimum Gasteiger partial charge on any atom is -0.323 e. The SMILES string of the molecule is CCCN1CCN(CC(=O)Nc2cc([N+](=O)[O-])ccc2Cl)CC1. The lowest BCUT2D eigenvalue weighted by molar-refractivity contribution is -0.384. The number of anilines is 1. The van der Waals surface area contributed by atoms with E-state index in [0.29, 0.717) is 0 Å². The highest BCUT2D eigenvalue weighted by molar-refractivity contribution is 6.33. The molecule has 0 bridgehead atoms. The summed E-state index contributed by atoms with van der Waals surface area (Å²) in [5.74, 6) is -0.212. The van der Waals surface area contributed by atoms with Gasteiger partial charge in [0.2, 0.25) is 5.91 Å². The fraction of sp³-hybridized carbons (Fsp3) is 0.533. The number of nitrogens with zero attached hydrogens (tertiary/aromatic N) is 3. The number of nitro benzene ring substituents is 1. The lowest BCUT2D eigenvalue weighted by Crippen LogP contribution is -2.48. The Morgan fingerprint density at radius 2 is 1.96 bits per heavy atom. The van der Waals surface area contributed by atoms with E-state index in [1.807, 2.05) is 0 Å². The van der Waals surface area contributed by atoms with Crippen molar-refractivity contribution in [1.82, 2.24) is 9.80 Å². The van der Waals surface area contributed by atoms with Crippen molar-refractivity contribution < 1.29 is 9.72 Å². The Hall–Kier alpha value is -1.70. The van der Waals surface area contributed by atoms with Crippen LogP contribution >= 0.6 is 11.6 Å². The number of nitro groups is 1. The average Bonchev–Trinajstić information content (AvgIpc) is 2.51. The second-order valence-electron chi connectivity index (χ2n) is 5.59. The van der Waals surface area contributed by atoms with Crippen molar-refractivity contribution in [3.05, 3.63) is 33.3 Å². The molecule has 1 heterocycles. The predicted octanol–water partition coefficient (Wildman–Crippen LogP) is 2.21. The van der Waals surface area contributed by atoms with E-state index in [1.54, 1.807) is 0 Å². The van der Waals surface area contributed by atoms with Gasteiger partial charge in [0.25, 0.3) is 5.69 Å². The Morgan fingerprint density at radius 3 is 2.57 bits per heavy atom. The molecule has 1 amide bonds. The number of carbonyl (C=O) groups excluding carboxylic acids is 1. The average molecular weight is 341 g/mol. The highest BCUT2D eigenvalue weighted by Gasteiger charge is 2.19. The van der Waals surface area contributed by atoms with E-state index in [2.05, 4.69) is 22.0 Å². The minimum absolute atomic E-state index is 0.0992. The fourth-order valence-corrected chi connectivity index (χ4v) is 2.77. The van der Waals surface area contributed by atoms with Gasteiger partial charge in [-0.3, -0.25) is 19.8 Å². The van der Waals surface area contributed by atoms with Crippen molar-refractivity contribution in [3.8, 4) is 0 Å². The van der Waals surface area contributed by atoms with Gasteiger partial charge in [-0.25, -0.2) is 0 Å². The number of hydrogen-bond donors (Lipinski definition) is 1. The van der Waals surface area contributed by atoms with E-state index in [1.165, 1.54) is 18.2 Å². The quantitative estimate of drug-likeness (QED) is 0.634. The zero-order valence-electron chi connectivity index (χ0n) is 13.1. The van der Waals surface area contributed by atoms with Crippen molar-refractivity contribution in [2.75, 3.05) is 44.6 Å². The highest BCUT2D eigenvalue weighted by Crippen LogP contribution is 2.26. The van der Waals surface area contributed by atoms with Crippen LogP contribution < -0.4 is 5.32 Å². The van der Waals surface area contributed by atoms with Crippen molar-refractivity contribution in [2.45, 2.75) is 13.3 Å². The molecule has 0 aliphatic carbocycles. The van der Waals surface area contributed by atoms with Crippen LogP contribution in [0.15, 0.2) is 18.2 Å². The lowest BCUT2D eigenvalue weighted by atomic mass is 10.2. The van der Waals surface area contributed by atoms with Gasteiger partial charge in [0.05, 0.1) is 22.2 Å². The summed E-state index contributed by atoms with van der Waals surface area (Å²) in [5, 5.41) is 13.7. The van der Waals surface area contributed by atoms with Gasteiger partial charge in [0, 0.05) is 38.3 Å². The van der Waals surface area contributed by atoms with Crippen molar-refractivity contribution >= 4 is 28.9 Å². The molecule has 1 N–H and O–H groups in total. The van der Waals surface area contributed by atoms with Gasteiger partial charge >= 0.3 is 0 Å². The molecule has 0 saturated carbocycles. The summed E-state index contributed by atoms with van der Waals surface area (Å²) in [6.45, 7) is 7.11. The maximum absolute atomic E-state index is 12.1. The molecule has 23 heavy (non-hydrogen) atoms.